The van der Waals surface area contributed by atoms with Crippen LogP contribution in [0, 0.1) is 5.41 Å². The van der Waals surface area contributed by atoms with Crippen LogP contribution in [0.2, 0.25) is 0 Å². The van der Waals surface area contributed by atoms with Crippen LogP contribution in [-0.4, -0.2) is 11.6 Å². The van der Waals surface area contributed by atoms with Crippen molar-refractivity contribution in [1.82, 2.24) is 0 Å². The van der Waals surface area contributed by atoms with E-state index in [9.17, 15) is 9.59 Å². The molecule has 0 radical (unpaired) electrons. The molecule has 0 amide bonds. The summed E-state index contributed by atoms with van der Waals surface area (Å²) < 4.78 is 0. The van der Waals surface area contributed by atoms with Crippen molar-refractivity contribution in [2.24, 2.45) is 5.41 Å². The molecular weight excluding hydrogens is 152 g/mol. The summed E-state index contributed by atoms with van der Waals surface area (Å²) in [5.74, 6) is 0.111. The van der Waals surface area contributed by atoms with Gasteiger partial charge in [0, 0.05) is 6.42 Å². The molecule has 1 aliphatic rings. The molecule has 1 saturated carbocycles. The van der Waals surface area contributed by atoms with E-state index >= 15 is 0 Å². The first-order valence-corrected chi connectivity index (χ1v) is 4.29. The fraction of sp³-hybridized carbons (Fsp3) is 0.600. The van der Waals surface area contributed by atoms with Crippen molar-refractivity contribution < 1.29 is 9.59 Å². The second-order valence-corrected chi connectivity index (χ2v) is 3.41. The molecule has 0 saturated heterocycles. The van der Waals surface area contributed by atoms with Gasteiger partial charge >= 0.3 is 0 Å². The molecule has 1 aliphatic carbocycles. The number of allylic oxidation sites excluding steroid dienone is 1. The smallest absolute Gasteiger partial charge is 0.146 e. The Hall–Kier alpha value is -0.920. The molecule has 0 aliphatic heterocycles. The fourth-order valence-electron chi connectivity index (χ4n) is 1.91. The molecule has 12 heavy (non-hydrogen) atoms. The summed E-state index contributed by atoms with van der Waals surface area (Å²) >= 11 is 0. The molecule has 0 heterocycles. The highest BCUT2D eigenvalue weighted by Crippen LogP contribution is 2.38. The van der Waals surface area contributed by atoms with Gasteiger partial charge in [-0.05, 0) is 26.2 Å². The molecule has 0 aromatic carbocycles. The molecule has 66 valence electrons. The summed E-state index contributed by atoms with van der Waals surface area (Å²) in [6.45, 7) is 5.09. The highest BCUT2D eigenvalue weighted by atomic mass is 16.2. The van der Waals surface area contributed by atoms with Crippen molar-refractivity contribution in [2.75, 3.05) is 0 Å². The van der Waals surface area contributed by atoms with Crippen LogP contribution in [0.15, 0.2) is 12.7 Å². The van der Waals surface area contributed by atoms with Crippen LogP contribution in [0.25, 0.3) is 0 Å². The lowest BCUT2D eigenvalue weighted by molar-refractivity contribution is -0.137. The third kappa shape index (κ3) is 1.22. The number of hydrogen-bond donors (Lipinski definition) is 0. The van der Waals surface area contributed by atoms with E-state index in [0.717, 1.165) is 6.42 Å². The SMILES string of the molecule is C=CCC1(C(C)=O)CCCC1=O. The van der Waals surface area contributed by atoms with Gasteiger partial charge in [0.1, 0.15) is 11.6 Å². The Balaban J connectivity index is 2.92. The largest absolute Gasteiger partial charge is 0.299 e. The monoisotopic (exact) mass is 166 g/mol. The first kappa shape index (κ1) is 9.17. The van der Waals surface area contributed by atoms with Crippen molar-refractivity contribution in [1.29, 1.82) is 0 Å². The predicted molar refractivity (Wildman–Crippen MR) is 46.8 cm³/mol. The third-order valence-electron chi connectivity index (χ3n) is 2.71. The van der Waals surface area contributed by atoms with E-state index < -0.39 is 5.41 Å². The molecule has 1 rings (SSSR count). The molecule has 0 aromatic heterocycles. The summed E-state index contributed by atoms with van der Waals surface area (Å²) in [4.78, 5) is 22.8. The minimum atomic E-state index is -0.693. The molecule has 1 atom stereocenters. The van der Waals surface area contributed by atoms with Gasteiger partial charge in [-0.3, -0.25) is 9.59 Å². The zero-order valence-electron chi connectivity index (χ0n) is 7.43. The maximum absolute atomic E-state index is 11.5. The van der Waals surface area contributed by atoms with Gasteiger partial charge in [0.25, 0.3) is 0 Å². The number of carbonyl (C=O) groups excluding carboxylic acids is 2. The van der Waals surface area contributed by atoms with Crippen molar-refractivity contribution in [3.8, 4) is 0 Å². The quantitative estimate of drug-likeness (QED) is 0.474. The van der Waals surface area contributed by atoms with Crippen LogP contribution in [0.4, 0.5) is 0 Å². The predicted octanol–water partition coefficient (Wildman–Crippen LogP) is 1.89. The topological polar surface area (TPSA) is 34.1 Å². The van der Waals surface area contributed by atoms with Crippen LogP contribution in [0.3, 0.4) is 0 Å². The average Bonchev–Trinajstić information content (AvgIpc) is 2.34. The summed E-state index contributed by atoms with van der Waals surface area (Å²) in [7, 11) is 0. The van der Waals surface area contributed by atoms with Crippen LogP contribution < -0.4 is 0 Å². The van der Waals surface area contributed by atoms with Crippen LogP contribution in [0.1, 0.15) is 32.6 Å². The Bertz CT molecular complexity index is 230. The lowest BCUT2D eigenvalue weighted by Crippen LogP contribution is -2.32. The van der Waals surface area contributed by atoms with Crippen LogP contribution in [0.5, 0.6) is 0 Å². The maximum atomic E-state index is 11.5. The minimum absolute atomic E-state index is 0.00454. The summed E-state index contributed by atoms with van der Waals surface area (Å²) in [5.41, 5.74) is -0.693. The number of rotatable bonds is 3. The number of ketones is 2. The summed E-state index contributed by atoms with van der Waals surface area (Å²) in [6.07, 6.45) is 4.32. The summed E-state index contributed by atoms with van der Waals surface area (Å²) in [5, 5.41) is 0. The van der Waals surface area contributed by atoms with E-state index in [2.05, 4.69) is 6.58 Å². The highest BCUT2D eigenvalue weighted by molar-refractivity contribution is 6.07. The molecule has 2 nitrogen and oxygen atoms in total. The van der Waals surface area contributed by atoms with E-state index in [0.29, 0.717) is 19.3 Å². The average molecular weight is 166 g/mol. The van der Waals surface area contributed by atoms with Gasteiger partial charge in [0.15, 0.2) is 0 Å². The molecule has 0 bridgehead atoms. The van der Waals surface area contributed by atoms with E-state index in [1.807, 2.05) is 0 Å². The van der Waals surface area contributed by atoms with E-state index in [-0.39, 0.29) is 11.6 Å². The normalized spacial score (nSPS) is 28.9. The van der Waals surface area contributed by atoms with E-state index in [1.165, 1.54) is 6.92 Å². The van der Waals surface area contributed by atoms with Gasteiger partial charge in [-0.25, -0.2) is 0 Å². The highest BCUT2D eigenvalue weighted by Gasteiger charge is 2.44. The van der Waals surface area contributed by atoms with Crippen molar-refractivity contribution >= 4 is 11.6 Å². The molecule has 2 heteroatoms. The second-order valence-electron chi connectivity index (χ2n) is 3.41. The lowest BCUT2D eigenvalue weighted by Gasteiger charge is -2.21. The van der Waals surface area contributed by atoms with Crippen molar-refractivity contribution in [2.45, 2.75) is 32.6 Å². The third-order valence-corrected chi connectivity index (χ3v) is 2.71. The zero-order chi connectivity index (χ0) is 9.19. The molecule has 0 N–H and O–H groups in total. The molecule has 1 fully saturated rings. The molecular formula is C10H14O2. The fourth-order valence-corrected chi connectivity index (χ4v) is 1.91. The zero-order valence-corrected chi connectivity index (χ0v) is 7.43. The van der Waals surface area contributed by atoms with Gasteiger partial charge in [-0.15, -0.1) is 6.58 Å². The number of hydrogen-bond acceptors (Lipinski definition) is 2. The molecule has 0 spiro atoms. The number of carbonyl (C=O) groups is 2. The lowest BCUT2D eigenvalue weighted by atomic mass is 9.78. The summed E-state index contributed by atoms with van der Waals surface area (Å²) in [6, 6.07) is 0. The van der Waals surface area contributed by atoms with Crippen LogP contribution >= 0.6 is 0 Å². The van der Waals surface area contributed by atoms with Gasteiger partial charge < -0.3 is 0 Å². The maximum Gasteiger partial charge on any atom is 0.146 e. The second kappa shape index (κ2) is 3.21. The standard InChI is InChI=1S/C10H14O2/c1-3-6-10(8(2)11)7-4-5-9(10)12/h3H,1,4-7H2,2H3. The Labute approximate surface area is 72.7 Å². The number of Topliss-reactive ketones (excluding diaryl/α,β-unsaturated/α-hetero) is 2. The Morgan fingerprint density at radius 2 is 2.42 bits per heavy atom. The minimum Gasteiger partial charge on any atom is -0.299 e. The molecule has 1 unspecified atom stereocenters. The van der Waals surface area contributed by atoms with Gasteiger partial charge in [0.2, 0.25) is 0 Å². The first-order valence-electron chi connectivity index (χ1n) is 4.29. The van der Waals surface area contributed by atoms with Crippen LogP contribution in [-0.2, 0) is 9.59 Å². The Morgan fingerprint density at radius 3 is 2.75 bits per heavy atom. The molecule has 0 aromatic rings. The Kier molecular flexibility index (Phi) is 2.46. The van der Waals surface area contributed by atoms with Crippen molar-refractivity contribution in [3.63, 3.8) is 0 Å². The first-order chi connectivity index (χ1) is 5.63. The van der Waals surface area contributed by atoms with E-state index in [4.69, 9.17) is 0 Å². The van der Waals surface area contributed by atoms with Gasteiger partial charge in [-0.2, -0.15) is 0 Å². The van der Waals surface area contributed by atoms with Crippen molar-refractivity contribution in [3.05, 3.63) is 12.7 Å². The van der Waals surface area contributed by atoms with Gasteiger partial charge in [-0.1, -0.05) is 6.08 Å². The Morgan fingerprint density at radius 1 is 1.75 bits per heavy atom. The van der Waals surface area contributed by atoms with E-state index in [1.54, 1.807) is 6.08 Å². The van der Waals surface area contributed by atoms with Gasteiger partial charge in [0.05, 0.1) is 5.41 Å².